The van der Waals surface area contributed by atoms with Crippen LogP contribution in [0.2, 0.25) is 0 Å². The molecule has 0 saturated heterocycles. The molecule has 0 saturated carbocycles. The van der Waals surface area contributed by atoms with Gasteiger partial charge in [-0.3, -0.25) is 47.9 Å². The molecule has 306 valence electrons. The van der Waals surface area contributed by atoms with E-state index in [1.807, 2.05) is 6.92 Å². The summed E-state index contributed by atoms with van der Waals surface area (Å²) in [4.78, 5) is 127. The third-order valence-corrected chi connectivity index (χ3v) is 10.9. The molecule has 1 aromatic rings. The van der Waals surface area contributed by atoms with Gasteiger partial charge >= 0.3 is 23.9 Å². The van der Waals surface area contributed by atoms with Gasteiger partial charge in [0.2, 0.25) is 35.2 Å². The molecule has 1 aliphatic carbocycles. The first-order valence-corrected chi connectivity index (χ1v) is 18.9. The molecule has 0 radical (unpaired) electrons. The normalized spacial score (nSPS) is 17.0. The fraction of sp³-hybridized carbons (Fsp3) is 0.500. The lowest BCUT2D eigenvalue weighted by Gasteiger charge is -2.24. The Labute approximate surface area is 326 Å². The van der Waals surface area contributed by atoms with Gasteiger partial charge in [-0.1, -0.05) is 0 Å². The van der Waals surface area contributed by atoms with Crippen molar-refractivity contribution < 1.29 is 68.4 Å². The number of allylic oxidation sites excluding steroid dienone is 1. The van der Waals surface area contributed by atoms with Crippen LogP contribution in [-0.2, 0) is 49.6 Å². The molecule has 0 bridgehead atoms. The van der Waals surface area contributed by atoms with Crippen LogP contribution < -0.4 is 38.1 Å². The van der Waals surface area contributed by atoms with Crippen molar-refractivity contribution in [2.75, 3.05) is 31.1 Å². The Morgan fingerprint density at radius 1 is 0.750 bits per heavy atom. The zero-order valence-corrected chi connectivity index (χ0v) is 31.4. The number of carbonyl (C=O) groups is 10. The number of carboxylic acid groups (broad SMARTS) is 4. The van der Waals surface area contributed by atoms with Crippen LogP contribution >= 0.6 is 23.5 Å². The smallest absolute Gasteiger partial charge is 0.322 e. The van der Waals surface area contributed by atoms with Crippen LogP contribution in [0.4, 0.5) is 0 Å². The maximum Gasteiger partial charge on any atom is 0.322 e. The average Bonchev–Trinajstić information content (AvgIpc) is 3.54. The highest BCUT2D eigenvalue weighted by Crippen LogP contribution is 2.45. The fourth-order valence-electron chi connectivity index (χ4n) is 5.45. The molecule has 1 aromatic heterocycles. The first kappa shape index (κ1) is 45.1. The summed E-state index contributed by atoms with van der Waals surface area (Å²) in [6.07, 6.45) is -1.11. The number of nitrogens with one attached hydrogen (secondary N) is 6. The topological polar surface area (TPSA) is 380 Å². The minimum atomic E-state index is -1.52. The molecule has 2 heterocycles. The standard InChI is InChI=1S/C32H42N8O14S2/c1-12-23-13(6-7-35-12)22-24(40-23)27(55-10-16(29(49)36-8-20(43)44)38-18(41)4-2-14(33)31(51)52)28(26(48)25(22)47)56-11-17(30(50)37-9-21(45)46)39-19(42)5-3-15(34)32(53)54/h12,14-17,35,40H,2-11,33-34H2,1H3,(H,36,49)(H,37,50)(H,38,41)(H,39,42)(H,43,44)(H,45,46)(H,51,52)(H,53,54)/t12?,14-,15-,16-,17-/m0/s1. The summed E-state index contributed by atoms with van der Waals surface area (Å²) in [5, 5.41) is 48.6. The third kappa shape index (κ3) is 12.4. The highest BCUT2D eigenvalue weighted by atomic mass is 32.2. The number of thioether (sulfide) groups is 2. The van der Waals surface area contributed by atoms with Gasteiger partial charge in [0.05, 0.1) is 16.2 Å². The van der Waals surface area contributed by atoms with E-state index in [0.29, 0.717) is 36.0 Å². The number of fused-ring (bicyclic) bond motifs is 3. The lowest BCUT2D eigenvalue weighted by Crippen LogP contribution is -2.49. The Balaban J connectivity index is 2.03. The molecule has 1 unspecified atom stereocenters. The highest BCUT2D eigenvalue weighted by molar-refractivity contribution is 8.11. The Hall–Kier alpha value is -5.30. The average molecular weight is 827 g/mol. The van der Waals surface area contributed by atoms with Crippen LogP contribution in [0.15, 0.2) is 4.91 Å². The fourth-order valence-corrected chi connectivity index (χ4v) is 7.92. The minimum absolute atomic E-state index is 0.0718. The van der Waals surface area contributed by atoms with E-state index in [-0.39, 0.29) is 45.7 Å². The van der Waals surface area contributed by atoms with Crippen molar-refractivity contribution in [3.8, 4) is 0 Å². The van der Waals surface area contributed by atoms with E-state index < -0.39 is 115 Å². The quantitative estimate of drug-likeness (QED) is 0.0514. The van der Waals surface area contributed by atoms with Crippen LogP contribution in [-0.4, -0.2) is 140 Å². The second-order valence-corrected chi connectivity index (χ2v) is 14.6. The predicted octanol–water partition coefficient (Wildman–Crippen LogP) is -3.12. The first-order chi connectivity index (χ1) is 26.3. The maximum absolute atomic E-state index is 13.9. The zero-order chi connectivity index (χ0) is 41.9. The van der Waals surface area contributed by atoms with E-state index in [1.165, 1.54) is 0 Å². The number of carboxylic acids is 4. The van der Waals surface area contributed by atoms with Gasteiger partial charge in [-0.25, -0.2) is 0 Å². The van der Waals surface area contributed by atoms with Gasteiger partial charge in [-0.2, -0.15) is 0 Å². The maximum atomic E-state index is 13.9. The Morgan fingerprint density at radius 2 is 1.21 bits per heavy atom. The first-order valence-electron chi connectivity index (χ1n) is 16.9. The van der Waals surface area contributed by atoms with Crippen molar-refractivity contribution in [2.24, 2.45) is 11.5 Å². The number of Topliss-reactive ketones (excluding diaryl/α,β-unsaturated/α-hetero) is 2. The number of nitrogens with two attached hydrogens (primary N) is 2. The lowest BCUT2D eigenvalue weighted by atomic mass is 9.92. The molecule has 56 heavy (non-hydrogen) atoms. The molecule has 0 fully saturated rings. The molecule has 0 aromatic carbocycles. The van der Waals surface area contributed by atoms with Crippen molar-refractivity contribution in [3.63, 3.8) is 0 Å². The number of hydrogen-bond donors (Lipinski definition) is 12. The van der Waals surface area contributed by atoms with Crippen LogP contribution in [0.3, 0.4) is 0 Å². The van der Waals surface area contributed by atoms with E-state index in [9.17, 15) is 47.9 Å². The molecule has 24 heteroatoms. The Morgan fingerprint density at radius 3 is 1.66 bits per heavy atom. The van der Waals surface area contributed by atoms with E-state index in [2.05, 4.69) is 31.6 Å². The van der Waals surface area contributed by atoms with E-state index in [0.717, 1.165) is 11.8 Å². The summed E-state index contributed by atoms with van der Waals surface area (Å²) in [7, 11) is 0. The van der Waals surface area contributed by atoms with Crippen molar-refractivity contribution >= 4 is 87.5 Å². The summed E-state index contributed by atoms with van der Waals surface area (Å²) in [6, 6.07) is -6.07. The summed E-state index contributed by atoms with van der Waals surface area (Å²) >= 11 is 1.47. The van der Waals surface area contributed by atoms with Gasteiger partial charge in [0.15, 0.2) is 0 Å². The number of amides is 4. The molecule has 5 atom stereocenters. The molecule has 1 aliphatic heterocycles. The molecular formula is C32H42N8O14S2. The molecule has 14 N–H and O–H groups in total. The molecular weight excluding hydrogens is 785 g/mol. The van der Waals surface area contributed by atoms with Crippen LogP contribution in [0.25, 0.3) is 4.91 Å². The van der Waals surface area contributed by atoms with Crippen LogP contribution in [0, 0.1) is 0 Å². The number of ketones is 2. The second kappa shape index (κ2) is 20.6. The van der Waals surface area contributed by atoms with Crippen LogP contribution in [0.1, 0.15) is 66.0 Å². The van der Waals surface area contributed by atoms with E-state index >= 15 is 0 Å². The summed E-state index contributed by atoms with van der Waals surface area (Å²) in [5.41, 5.74) is 12.4. The van der Waals surface area contributed by atoms with Crippen molar-refractivity contribution in [1.82, 2.24) is 31.6 Å². The molecule has 3 rings (SSSR count). The van der Waals surface area contributed by atoms with E-state index in [4.69, 9.17) is 31.9 Å². The summed E-state index contributed by atoms with van der Waals surface area (Å²) < 4.78 is 0. The SMILES string of the molecule is CC1NCCc2c1[nH]c1c2C(=O)C(=O)C(SC[C@H](NC(=O)CC[C@H](N)C(=O)O)C(=O)NCC(=O)O)=C1SC[C@H](NC(=O)CC[C@H](N)C(=O)O)C(=O)NCC(=O)O. The van der Waals surface area contributed by atoms with Gasteiger partial charge in [0, 0.05) is 41.0 Å². The third-order valence-electron chi connectivity index (χ3n) is 8.39. The minimum Gasteiger partial charge on any atom is -0.480 e. The van der Waals surface area contributed by atoms with Crippen molar-refractivity contribution in [1.29, 1.82) is 0 Å². The molecule has 4 amide bonds. The Bertz CT molecular complexity index is 1810. The number of aromatic nitrogens is 1. The van der Waals surface area contributed by atoms with Crippen molar-refractivity contribution in [2.45, 2.75) is 69.2 Å². The van der Waals surface area contributed by atoms with Gasteiger partial charge in [0.25, 0.3) is 0 Å². The number of aromatic amines is 1. The molecule has 22 nitrogen and oxygen atoms in total. The largest absolute Gasteiger partial charge is 0.480 e. The molecule has 0 spiro atoms. The summed E-state index contributed by atoms with van der Waals surface area (Å²) in [5.74, 6) is -11.9. The van der Waals surface area contributed by atoms with Gasteiger partial charge in [-0.15, -0.1) is 23.5 Å². The van der Waals surface area contributed by atoms with Crippen molar-refractivity contribution in [3.05, 3.63) is 27.4 Å². The predicted molar refractivity (Wildman–Crippen MR) is 197 cm³/mol. The number of hydrogen-bond acceptors (Lipinski definition) is 15. The monoisotopic (exact) mass is 826 g/mol. The molecule has 2 aliphatic rings. The van der Waals surface area contributed by atoms with Crippen LogP contribution in [0.5, 0.6) is 0 Å². The second-order valence-electron chi connectivity index (χ2n) is 12.6. The summed E-state index contributed by atoms with van der Waals surface area (Å²) in [6.45, 7) is 0.624. The zero-order valence-electron chi connectivity index (χ0n) is 29.8. The van der Waals surface area contributed by atoms with Gasteiger partial charge < -0.3 is 63.5 Å². The number of aliphatic carboxylic acids is 4. The van der Waals surface area contributed by atoms with Gasteiger partial charge in [-0.05, 0) is 38.3 Å². The number of rotatable bonds is 22. The number of H-pyrrole nitrogens is 1. The lowest BCUT2D eigenvalue weighted by molar-refractivity contribution is -0.140. The Kier molecular flexibility index (Phi) is 16.6. The van der Waals surface area contributed by atoms with Gasteiger partial charge in [0.1, 0.15) is 37.3 Å². The number of carbonyl (C=O) groups excluding carboxylic acids is 6. The van der Waals surface area contributed by atoms with E-state index in [1.54, 1.807) is 0 Å². The highest BCUT2D eigenvalue weighted by Gasteiger charge is 2.40.